The lowest BCUT2D eigenvalue weighted by atomic mass is 9.72. The van der Waals surface area contributed by atoms with Crippen molar-refractivity contribution < 1.29 is 14.7 Å². The summed E-state index contributed by atoms with van der Waals surface area (Å²) < 4.78 is 0. The normalized spacial score (nSPS) is 17.6. The standard InChI is InChI=1S/C38H36N4O3/c39-36(43)28-16-14-26(15-17-28)29-10-7-11-31-30-9-2-3-12-32(30)38(35(29)31,37(44)45)20-5-6-21-41-22-24-42(25-23-41)34-19-18-27-8-1-4-13-33(27)40-34/h1-4,7-19H,5-6,20-25H2,(H2,39,43)(H,44,45). The molecule has 5 aromatic rings. The van der Waals surface area contributed by atoms with Crippen molar-refractivity contribution in [3.05, 3.63) is 120 Å². The number of carboxylic acids is 1. The Balaban J connectivity index is 1.08. The highest BCUT2D eigenvalue weighted by molar-refractivity contribution is 6.01. The van der Waals surface area contributed by atoms with Gasteiger partial charge in [0.25, 0.3) is 0 Å². The lowest BCUT2D eigenvalue weighted by Crippen LogP contribution is -2.47. The molecule has 1 aliphatic carbocycles. The average Bonchev–Trinajstić information content (AvgIpc) is 3.38. The number of primary amides is 1. The number of piperazine rings is 1. The minimum atomic E-state index is -1.16. The third-order valence-electron chi connectivity index (χ3n) is 9.57. The van der Waals surface area contributed by atoms with E-state index in [9.17, 15) is 14.7 Å². The van der Waals surface area contributed by atoms with Crippen LogP contribution in [-0.4, -0.2) is 59.6 Å². The Bertz CT molecular complexity index is 1900. The van der Waals surface area contributed by atoms with E-state index in [-0.39, 0.29) is 0 Å². The van der Waals surface area contributed by atoms with E-state index in [4.69, 9.17) is 10.7 Å². The molecule has 7 rings (SSSR count). The van der Waals surface area contributed by atoms with Gasteiger partial charge in [-0.2, -0.15) is 0 Å². The molecule has 0 saturated carbocycles. The first-order valence-corrected chi connectivity index (χ1v) is 15.7. The number of amides is 1. The van der Waals surface area contributed by atoms with Crippen LogP contribution < -0.4 is 10.6 Å². The number of anilines is 1. The van der Waals surface area contributed by atoms with Gasteiger partial charge >= 0.3 is 5.97 Å². The number of pyridine rings is 1. The van der Waals surface area contributed by atoms with Crippen molar-refractivity contribution in [1.29, 1.82) is 0 Å². The number of unbranched alkanes of at least 4 members (excludes halogenated alkanes) is 1. The molecule has 4 aromatic carbocycles. The van der Waals surface area contributed by atoms with Gasteiger partial charge in [0.05, 0.1) is 5.52 Å². The molecule has 7 nitrogen and oxygen atoms in total. The second-order valence-electron chi connectivity index (χ2n) is 12.1. The fraction of sp³-hybridized carbons (Fsp3) is 0.237. The fourth-order valence-corrected chi connectivity index (χ4v) is 7.26. The van der Waals surface area contributed by atoms with E-state index in [0.717, 1.165) is 95.7 Å². The van der Waals surface area contributed by atoms with Crippen LogP contribution in [0.5, 0.6) is 0 Å². The van der Waals surface area contributed by atoms with Crippen molar-refractivity contribution in [2.45, 2.75) is 24.7 Å². The van der Waals surface area contributed by atoms with Crippen LogP contribution in [0.15, 0.2) is 103 Å². The molecule has 0 bridgehead atoms. The number of nitrogens with zero attached hydrogens (tertiary/aromatic N) is 3. The maximum absolute atomic E-state index is 13.4. The summed E-state index contributed by atoms with van der Waals surface area (Å²) in [5.41, 5.74) is 11.1. The number of para-hydroxylation sites is 1. The Morgan fingerprint density at radius 1 is 0.756 bits per heavy atom. The van der Waals surface area contributed by atoms with Gasteiger partial charge < -0.3 is 15.7 Å². The number of hydrogen-bond donors (Lipinski definition) is 2. The van der Waals surface area contributed by atoms with Crippen LogP contribution in [0.3, 0.4) is 0 Å². The number of hydrogen-bond acceptors (Lipinski definition) is 5. The topological polar surface area (TPSA) is 99.8 Å². The summed E-state index contributed by atoms with van der Waals surface area (Å²) in [4.78, 5) is 34.8. The predicted molar refractivity (Wildman–Crippen MR) is 178 cm³/mol. The van der Waals surface area contributed by atoms with Crippen LogP contribution in [0, 0.1) is 0 Å². The zero-order valence-corrected chi connectivity index (χ0v) is 25.2. The first-order chi connectivity index (χ1) is 22.0. The number of rotatable bonds is 9. The fourth-order valence-electron chi connectivity index (χ4n) is 7.26. The van der Waals surface area contributed by atoms with Crippen LogP contribution in [0.1, 0.15) is 40.7 Å². The van der Waals surface area contributed by atoms with Crippen molar-refractivity contribution in [2.75, 3.05) is 37.6 Å². The predicted octanol–water partition coefficient (Wildman–Crippen LogP) is 6.34. The molecule has 0 radical (unpaired) electrons. The van der Waals surface area contributed by atoms with Gasteiger partial charge in [-0.15, -0.1) is 0 Å². The summed E-state index contributed by atoms with van der Waals surface area (Å²) in [6.45, 7) is 4.68. The molecule has 1 saturated heterocycles. The first kappa shape index (κ1) is 28.7. The van der Waals surface area contributed by atoms with E-state index in [1.807, 2.05) is 66.7 Å². The number of carbonyl (C=O) groups is 2. The first-order valence-electron chi connectivity index (χ1n) is 15.7. The highest BCUT2D eigenvalue weighted by Crippen LogP contribution is 2.54. The minimum Gasteiger partial charge on any atom is -0.480 e. The molecule has 1 fully saturated rings. The summed E-state index contributed by atoms with van der Waals surface area (Å²) in [5, 5.41) is 12.2. The van der Waals surface area contributed by atoms with Gasteiger partial charge in [0.15, 0.2) is 0 Å². The van der Waals surface area contributed by atoms with Crippen LogP contribution >= 0.6 is 0 Å². The molecule has 1 aliphatic heterocycles. The van der Waals surface area contributed by atoms with Gasteiger partial charge in [-0.25, -0.2) is 4.98 Å². The molecule has 1 atom stereocenters. The van der Waals surface area contributed by atoms with Crippen molar-refractivity contribution in [3.63, 3.8) is 0 Å². The highest BCUT2D eigenvalue weighted by atomic mass is 16.4. The summed E-state index contributed by atoms with van der Waals surface area (Å²) >= 11 is 0. The smallest absolute Gasteiger partial charge is 0.318 e. The summed E-state index contributed by atoms with van der Waals surface area (Å²) in [5.74, 6) is -0.291. The molecule has 2 aliphatic rings. The van der Waals surface area contributed by atoms with Crippen LogP contribution in [-0.2, 0) is 10.2 Å². The van der Waals surface area contributed by atoms with Gasteiger partial charge in [0.1, 0.15) is 11.2 Å². The largest absolute Gasteiger partial charge is 0.480 e. The maximum atomic E-state index is 13.4. The molecule has 3 N–H and O–H groups in total. The van der Waals surface area contributed by atoms with Gasteiger partial charge in [0.2, 0.25) is 5.91 Å². The molecule has 45 heavy (non-hydrogen) atoms. The summed E-state index contributed by atoms with van der Waals surface area (Å²) in [7, 11) is 0. The second-order valence-corrected chi connectivity index (χ2v) is 12.1. The van der Waals surface area contributed by atoms with Crippen molar-refractivity contribution >= 4 is 28.6 Å². The second kappa shape index (κ2) is 11.8. The maximum Gasteiger partial charge on any atom is 0.318 e. The van der Waals surface area contributed by atoms with E-state index < -0.39 is 17.3 Å². The van der Waals surface area contributed by atoms with Gasteiger partial charge in [-0.05, 0) is 83.1 Å². The van der Waals surface area contributed by atoms with E-state index in [1.165, 1.54) is 0 Å². The lowest BCUT2D eigenvalue weighted by Gasteiger charge is -2.35. The Hall–Kier alpha value is -5.01. The number of fused-ring (bicyclic) bond motifs is 4. The Morgan fingerprint density at radius 3 is 2.24 bits per heavy atom. The Kier molecular flexibility index (Phi) is 7.55. The number of aliphatic carboxylic acids is 1. The van der Waals surface area contributed by atoms with Gasteiger partial charge in [0, 0.05) is 37.1 Å². The number of nitrogens with two attached hydrogens (primary N) is 1. The van der Waals surface area contributed by atoms with E-state index in [2.05, 4.69) is 34.1 Å². The lowest BCUT2D eigenvalue weighted by molar-refractivity contribution is -0.142. The molecular weight excluding hydrogens is 560 g/mol. The number of carboxylic acid groups (broad SMARTS) is 1. The zero-order valence-electron chi connectivity index (χ0n) is 25.2. The molecule has 0 spiro atoms. The Labute approximate surface area is 262 Å². The van der Waals surface area contributed by atoms with Crippen LogP contribution in [0.25, 0.3) is 33.2 Å². The van der Waals surface area contributed by atoms with Crippen LogP contribution in [0.2, 0.25) is 0 Å². The van der Waals surface area contributed by atoms with Gasteiger partial charge in [-0.3, -0.25) is 14.5 Å². The zero-order chi connectivity index (χ0) is 31.0. The molecule has 2 heterocycles. The van der Waals surface area contributed by atoms with Gasteiger partial charge in [-0.1, -0.05) is 79.2 Å². The summed E-state index contributed by atoms with van der Waals surface area (Å²) in [6, 6.07) is 33.5. The van der Waals surface area contributed by atoms with E-state index in [0.29, 0.717) is 12.0 Å². The van der Waals surface area contributed by atoms with Crippen LogP contribution in [0.4, 0.5) is 5.82 Å². The number of carbonyl (C=O) groups excluding carboxylic acids is 1. The van der Waals surface area contributed by atoms with E-state index in [1.54, 1.807) is 12.1 Å². The number of benzene rings is 4. The third kappa shape index (κ3) is 5.13. The minimum absolute atomic E-state index is 0.425. The Morgan fingerprint density at radius 2 is 1.47 bits per heavy atom. The summed E-state index contributed by atoms with van der Waals surface area (Å²) in [6.07, 6.45) is 2.20. The highest BCUT2D eigenvalue weighted by Gasteiger charge is 2.50. The molecule has 7 heteroatoms. The average molecular weight is 597 g/mol. The SMILES string of the molecule is NC(=O)c1ccc(-c2cccc3c2C(CCCCN2CCN(c4ccc5ccccc5n4)CC2)(C(=O)O)c2ccccc2-3)cc1. The third-order valence-corrected chi connectivity index (χ3v) is 9.57. The quantitative estimate of drug-likeness (QED) is 0.193. The van der Waals surface area contributed by atoms with E-state index >= 15 is 0 Å². The van der Waals surface area contributed by atoms with Crippen molar-refractivity contribution in [3.8, 4) is 22.3 Å². The molecule has 1 aromatic heterocycles. The number of aromatic nitrogens is 1. The molecule has 1 amide bonds. The van der Waals surface area contributed by atoms with Crippen molar-refractivity contribution in [1.82, 2.24) is 9.88 Å². The molecule has 1 unspecified atom stereocenters. The van der Waals surface area contributed by atoms with Crippen molar-refractivity contribution in [2.24, 2.45) is 5.73 Å². The molecular formula is C38H36N4O3. The monoisotopic (exact) mass is 596 g/mol. The molecule has 226 valence electrons.